The number of guanidine groups is 1. The number of hydrogen-bond donors (Lipinski definition) is 3. The second-order valence-electron chi connectivity index (χ2n) is 6.85. The number of imidazole rings is 1. The Morgan fingerprint density at radius 3 is 2.77 bits per heavy atom. The zero-order valence-electron chi connectivity index (χ0n) is 15.7. The monoisotopic (exact) mass is 471 g/mol. The fraction of sp³-hybridized carbons (Fsp3) is 0.579. The number of nitrogens with one attached hydrogen (secondary N) is 2. The van der Waals surface area contributed by atoms with Gasteiger partial charge in [0.15, 0.2) is 5.96 Å². The highest BCUT2D eigenvalue weighted by Crippen LogP contribution is 2.31. The van der Waals surface area contributed by atoms with Crippen molar-refractivity contribution in [3.8, 4) is 0 Å². The van der Waals surface area contributed by atoms with E-state index in [4.69, 9.17) is 0 Å². The van der Waals surface area contributed by atoms with Crippen LogP contribution < -0.4 is 10.6 Å². The van der Waals surface area contributed by atoms with Gasteiger partial charge in [0.2, 0.25) is 0 Å². The summed E-state index contributed by atoms with van der Waals surface area (Å²) in [6, 6.07) is 8.25. The maximum atomic E-state index is 10.2. The maximum Gasteiger partial charge on any atom is 0.191 e. The number of nitrogens with zero attached hydrogens (tertiary/aromatic N) is 3. The van der Waals surface area contributed by atoms with Crippen LogP contribution in [0.2, 0.25) is 0 Å². The topological polar surface area (TPSA) is 74.5 Å². The molecule has 0 radical (unpaired) electrons. The Hall–Kier alpha value is -1.35. The first-order valence-electron chi connectivity index (χ1n) is 9.28. The normalized spacial score (nSPS) is 16.0. The lowest BCUT2D eigenvalue weighted by Crippen LogP contribution is -2.43. The molecule has 0 atom stereocenters. The van der Waals surface area contributed by atoms with Crippen LogP contribution in [0.3, 0.4) is 0 Å². The first kappa shape index (κ1) is 21.0. The molecular formula is C19H30IN5O. The van der Waals surface area contributed by atoms with Crippen molar-refractivity contribution in [3.05, 3.63) is 30.1 Å². The number of hydrogen-bond acceptors (Lipinski definition) is 3. The molecule has 0 unspecified atom stereocenters. The van der Waals surface area contributed by atoms with Crippen LogP contribution >= 0.6 is 24.0 Å². The predicted octanol–water partition coefficient (Wildman–Crippen LogP) is 2.82. The van der Waals surface area contributed by atoms with Gasteiger partial charge >= 0.3 is 0 Å². The number of aliphatic hydroxyl groups is 1. The largest absolute Gasteiger partial charge is 0.388 e. The van der Waals surface area contributed by atoms with Crippen LogP contribution in [0.4, 0.5) is 0 Å². The minimum absolute atomic E-state index is 0. The third kappa shape index (κ3) is 5.09. The Labute approximate surface area is 172 Å². The van der Waals surface area contributed by atoms with E-state index in [1.807, 2.05) is 6.07 Å². The molecule has 1 saturated carbocycles. The highest BCUT2D eigenvalue weighted by Gasteiger charge is 2.34. The number of halogens is 1. The minimum Gasteiger partial charge on any atom is -0.388 e. The van der Waals surface area contributed by atoms with Crippen molar-refractivity contribution < 1.29 is 5.11 Å². The van der Waals surface area contributed by atoms with Crippen LogP contribution in [0.1, 0.15) is 38.4 Å². The lowest BCUT2D eigenvalue weighted by molar-refractivity contribution is -0.0236. The maximum absolute atomic E-state index is 10.2. The van der Waals surface area contributed by atoms with Crippen molar-refractivity contribution >= 4 is 41.0 Å². The summed E-state index contributed by atoms with van der Waals surface area (Å²) < 4.78 is 2.26. The van der Waals surface area contributed by atoms with E-state index in [0.29, 0.717) is 6.54 Å². The van der Waals surface area contributed by atoms with Crippen molar-refractivity contribution in [2.24, 2.45) is 4.99 Å². The van der Waals surface area contributed by atoms with Crippen molar-refractivity contribution in [3.63, 3.8) is 0 Å². The fourth-order valence-corrected chi connectivity index (χ4v) is 3.23. The van der Waals surface area contributed by atoms with E-state index in [1.54, 1.807) is 0 Å². The van der Waals surface area contributed by atoms with Crippen molar-refractivity contribution in [2.45, 2.75) is 51.7 Å². The van der Waals surface area contributed by atoms with Crippen LogP contribution in [0.25, 0.3) is 11.0 Å². The molecule has 1 heterocycles. The molecule has 3 rings (SSSR count). The van der Waals surface area contributed by atoms with Gasteiger partial charge in [-0.2, -0.15) is 0 Å². The molecule has 1 fully saturated rings. The standard InChI is InChI=1S/C19H29N5O.HI/c1-3-20-18(22-14-19(25)10-6-11-19)21-12-7-13-24-15(2)23-16-8-4-5-9-17(16)24;/h4-5,8-9,25H,3,6-7,10-14H2,1-2H3,(H2,20,21,22);1H. The quantitative estimate of drug-likeness (QED) is 0.251. The zero-order chi connectivity index (χ0) is 17.7. The SMILES string of the molecule is CCNC(=NCC1(O)CCC1)NCCCn1c(C)nc2ccccc21.I. The molecule has 7 heteroatoms. The van der Waals surface area contributed by atoms with Gasteiger partial charge in [-0.25, -0.2) is 4.98 Å². The van der Waals surface area contributed by atoms with E-state index in [9.17, 15) is 5.11 Å². The van der Waals surface area contributed by atoms with Gasteiger partial charge in [0.05, 0.1) is 23.2 Å². The lowest BCUT2D eigenvalue weighted by atomic mass is 9.80. The molecule has 0 spiro atoms. The summed E-state index contributed by atoms with van der Waals surface area (Å²) in [7, 11) is 0. The third-order valence-corrected chi connectivity index (χ3v) is 4.86. The number of fused-ring (bicyclic) bond motifs is 1. The van der Waals surface area contributed by atoms with E-state index < -0.39 is 5.60 Å². The summed E-state index contributed by atoms with van der Waals surface area (Å²) in [5.41, 5.74) is 1.67. The van der Waals surface area contributed by atoms with E-state index in [0.717, 1.165) is 62.6 Å². The Morgan fingerprint density at radius 2 is 2.08 bits per heavy atom. The van der Waals surface area contributed by atoms with Gasteiger partial charge < -0.3 is 20.3 Å². The predicted molar refractivity (Wildman–Crippen MR) is 117 cm³/mol. The highest BCUT2D eigenvalue weighted by molar-refractivity contribution is 14.0. The smallest absolute Gasteiger partial charge is 0.191 e. The summed E-state index contributed by atoms with van der Waals surface area (Å²) in [6.45, 7) is 7.15. The number of benzene rings is 1. The number of rotatable bonds is 7. The second-order valence-corrected chi connectivity index (χ2v) is 6.85. The molecule has 2 aromatic rings. The summed E-state index contributed by atoms with van der Waals surface area (Å²) >= 11 is 0. The van der Waals surface area contributed by atoms with Gasteiger partial charge in [-0.05, 0) is 51.7 Å². The average Bonchev–Trinajstić information content (AvgIpc) is 2.90. The van der Waals surface area contributed by atoms with Gasteiger partial charge in [-0.1, -0.05) is 12.1 Å². The molecule has 0 bridgehead atoms. The number of para-hydroxylation sites is 2. The molecule has 26 heavy (non-hydrogen) atoms. The summed E-state index contributed by atoms with van der Waals surface area (Å²) in [5.74, 6) is 1.84. The van der Waals surface area contributed by atoms with Crippen molar-refractivity contribution in [2.75, 3.05) is 19.6 Å². The molecule has 1 aliphatic rings. The summed E-state index contributed by atoms with van der Waals surface area (Å²) in [6.07, 6.45) is 3.82. The average molecular weight is 471 g/mol. The van der Waals surface area contributed by atoms with Gasteiger partial charge in [0.25, 0.3) is 0 Å². The molecule has 0 amide bonds. The van der Waals surface area contributed by atoms with E-state index in [2.05, 4.69) is 57.2 Å². The Morgan fingerprint density at radius 1 is 1.31 bits per heavy atom. The van der Waals surface area contributed by atoms with E-state index in [1.165, 1.54) is 5.52 Å². The molecule has 0 saturated heterocycles. The highest BCUT2D eigenvalue weighted by atomic mass is 127. The van der Waals surface area contributed by atoms with Crippen LogP contribution in [-0.4, -0.2) is 45.9 Å². The van der Waals surface area contributed by atoms with Crippen LogP contribution in [-0.2, 0) is 6.54 Å². The van der Waals surface area contributed by atoms with Crippen molar-refractivity contribution in [1.29, 1.82) is 0 Å². The lowest BCUT2D eigenvalue weighted by Gasteiger charge is -2.35. The van der Waals surface area contributed by atoms with Crippen LogP contribution in [0.15, 0.2) is 29.3 Å². The molecule has 0 aliphatic heterocycles. The molecule has 1 aliphatic carbocycles. The molecule has 144 valence electrons. The number of aromatic nitrogens is 2. The Bertz CT molecular complexity index is 739. The first-order chi connectivity index (χ1) is 12.1. The summed E-state index contributed by atoms with van der Waals surface area (Å²) in [5, 5.41) is 16.8. The number of aryl methyl sites for hydroxylation is 2. The molecular weight excluding hydrogens is 441 g/mol. The Kier molecular flexibility index (Phi) is 7.69. The van der Waals surface area contributed by atoms with Crippen molar-refractivity contribution in [1.82, 2.24) is 20.2 Å². The second kappa shape index (κ2) is 9.55. The molecule has 6 nitrogen and oxygen atoms in total. The van der Waals surface area contributed by atoms with Gasteiger partial charge in [0.1, 0.15) is 5.82 Å². The first-order valence-corrected chi connectivity index (χ1v) is 9.28. The zero-order valence-corrected chi connectivity index (χ0v) is 18.0. The van der Waals surface area contributed by atoms with E-state index in [-0.39, 0.29) is 24.0 Å². The molecule has 1 aromatic heterocycles. The summed E-state index contributed by atoms with van der Waals surface area (Å²) in [4.78, 5) is 9.14. The Balaban J connectivity index is 0.00000243. The number of aliphatic imine (C=N–C) groups is 1. The fourth-order valence-electron chi connectivity index (χ4n) is 3.23. The molecule has 1 aromatic carbocycles. The van der Waals surface area contributed by atoms with Gasteiger partial charge in [-0.3, -0.25) is 4.99 Å². The minimum atomic E-state index is -0.574. The van der Waals surface area contributed by atoms with Gasteiger partial charge in [0, 0.05) is 19.6 Å². The van der Waals surface area contributed by atoms with Gasteiger partial charge in [-0.15, -0.1) is 24.0 Å². The molecule has 3 N–H and O–H groups in total. The van der Waals surface area contributed by atoms with E-state index >= 15 is 0 Å². The van der Waals surface area contributed by atoms with Crippen LogP contribution in [0, 0.1) is 6.92 Å². The third-order valence-electron chi connectivity index (χ3n) is 4.86. The van der Waals surface area contributed by atoms with Crippen LogP contribution in [0.5, 0.6) is 0 Å².